The molecule has 2 heteroatoms. The maximum Gasteiger partial charge on any atom is 0.0541 e. The van der Waals surface area contributed by atoms with Gasteiger partial charge in [-0.05, 0) is 25.7 Å². The van der Waals surface area contributed by atoms with Crippen molar-refractivity contribution in [1.82, 2.24) is 0 Å². The Morgan fingerprint density at radius 1 is 0.500 bits per heavy atom. The molecule has 0 unspecified atom stereocenters. The lowest BCUT2D eigenvalue weighted by Crippen LogP contribution is -2.13. The predicted molar refractivity (Wildman–Crippen MR) is 88.0 cm³/mol. The van der Waals surface area contributed by atoms with E-state index in [0.29, 0.717) is 0 Å². The van der Waals surface area contributed by atoms with Crippen LogP contribution in [0, 0.1) is 0 Å². The van der Waals surface area contributed by atoms with E-state index in [-0.39, 0.29) is 12.2 Å². The highest BCUT2D eigenvalue weighted by Crippen LogP contribution is 2.14. The van der Waals surface area contributed by atoms with Crippen LogP contribution in [0.4, 0.5) is 0 Å². The smallest absolute Gasteiger partial charge is 0.0541 e. The molecular formula is C18H38O2. The zero-order valence-corrected chi connectivity index (χ0v) is 13.9. The molecule has 0 saturated carbocycles. The van der Waals surface area contributed by atoms with E-state index >= 15 is 0 Å². The largest absolute Gasteiger partial charge is 0.393 e. The van der Waals surface area contributed by atoms with Crippen LogP contribution in [0.5, 0.6) is 0 Å². The molecule has 0 aromatic rings. The Balaban J connectivity index is 3.31. The lowest BCUT2D eigenvalue weighted by atomic mass is 10.0. The topological polar surface area (TPSA) is 40.5 Å². The quantitative estimate of drug-likeness (QED) is 0.406. The minimum atomic E-state index is -0.203. The van der Waals surface area contributed by atoms with Crippen LogP contribution in [-0.4, -0.2) is 22.4 Å². The molecule has 0 rings (SSSR count). The zero-order valence-electron chi connectivity index (χ0n) is 13.9. The van der Waals surface area contributed by atoms with Gasteiger partial charge in [-0.2, -0.15) is 0 Å². The maximum absolute atomic E-state index is 9.90. The Morgan fingerprint density at radius 3 is 1.30 bits per heavy atom. The molecule has 0 amide bonds. The fourth-order valence-corrected chi connectivity index (χ4v) is 2.64. The first-order chi connectivity index (χ1) is 9.70. The Hall–Kier alpha value is -0.0800. The third-order valence-electron chi connectivity index (χ3n) is 4.11. The van der Waals surface area contributed by atoms with E-state index < -0.39 is 0 Å². The van der Waals surface area contributed by atoms with Crippen LogP contribution in [-0.2, 0) is 0 Å². The summed E-state index contributed by atoms with van der Waals surface area (Å²) in [5.41, 5.74) is 0. The van der Waals surface area contributed by atoms with Crippen molar-refractivity contribution < 1.29 is 10.2 Å². The SMILES string of the molecule is CCCCCCCC[C@@H](O)CC[C@@H](O)CCCCCC. The Kier molecular flexibility index (Phi) is 15.3. The van der Waals surface area contributed by atoms with Gasteiger partial charge < -0.3 is 10.2 Å². The number of rotatable bonds is 15. The summed E-state index contributed by atoms with van der Waals surface area (Å²) in [6.45, 7) is 4.44. The molecule has 2 atom stereocenters. The third-order valence-corrected chi connectivity index (χ3v) is 4.11. The molecule has 0 saturated heterocycles. The Morgan fingerprint density at radius 2 is 0.850 bits per heavy atom. The summed E-state index contributed by atoms with van der Waals surface area (Å²) in [5, 5.41) is 19.8. The minimum Gasteiger partial charge on any atom is -0.393 e. The highest BCUT2D eigenvalue weighted by atomic mass is 16.3. The first kappa shape index (κ1) is 19.9. The fraction of sp³-hybridized carbons (Fsp3) is 1.00. The Bertz CT molecular complexity index is 182. The summed E-state index contributed by atoms with van der Waals surface area (Å²) in [4.78, 5) is 0. The van der Waals surface area contributed by atoms with Gasteiger partial charge >= 0.3 is 0 Å². The van der Waals surface area contributed by atoms with Gasteiger partial charge in [0.15, 0.2) is 0 Å². The van der Waals surface area contributed by atoms with Crippen molar-refractivity contribution >= 4 is 0 Å². The summed E-state index contributed by atoms with van der Waals surface area (Å²) in [6.07, 6.45) is 15.5. The first-order valence-corrected chi connectivity index (χ1v) is 9.06. The van der Waals surface area contributed by atoms with Crippen LogP contribution in [0.1, 0.15) is 104 Å². The van der Waals surface area contributed by atoms with Crippen LogP contribution in [0.2, 0.25) is 0 Å². The summed E-state index contributed by atoms with van der Waals surface area (Å²) < 4.78 is 0. The van der Waals surface area contributed by atoms with Crippen LogP contribution in [0.3, 0.4) is 0 Å². The molecule has 2 nitrogen and oxygen atoms in total. The van der Waals surface area contributed by atoms with Gasteiger partial charge in [-0.1, -0.05) is 78.1 Å². The monoisotopic (exact) mass is 286 g/mol. The minimum absolute atomic E-state index is 0.202. The van der Waals surface area contributed by atoms with E-state index in [1.54, 1.807) is 0 Å². The second-order valence-electron chi connectivity index (χ2n) is 6.29. The van der Waals surface area contributed by atoms with Gasteiger partial charge in [-0.3, -0.25) is 0 Å². The lowest BCUT2D eigenvalue weighted by molar-refractivity contribution is 0.101. The molecule has 20 heavy (non-hydrogen) atoms. The van der Waals surface area contributed by atoms with Crippen LogP contribution >= 0.6 is 0 Å². The Labute approximate surface area is 127 Å². The molecule has 0 heterocycles. The van der Waals surface area contributed by atoms with Crippen LogP contribution < -0.4 is 0 Å². The van der Waals surface area contributed by atoms with Gasteiger partial charge in [0.25, 0.3) is 0 Å². The second-order valence-corrected chi connectivity index (χ2v) is 6.29. The molecule has 0 radical (unpaired) electrons. The molecule has 0 fully saturated rings. The number of hydrogen-bond donors (Lipinski definition) is 2. The van der Waals surface area contributed by atoms with E-state index in [4.69, 9.17) is 0 Å². The van der Waals surface area contributed by atoms with Crippen LogP contribution in [0.15, 0.2) is 0 Å². The van der Waals surface area contributed by atoms with Crippen molar-refractivity contribution in [3.8, 4) is 0 Å². The van der Waals surface area contributed by atoms with Gasteiger partial charge in [0.05, 0.1) is 12.2 Å². The average molecular weight is 286 g/mol. The maximum atomic E-state index is 9.90. The summed E-state index contributed by atoms with van der Waals surface area (Å²) in [7, 11) is 0. The van der Waals surface area contributed by atoms with Crippen molar-refractivity contribution in [2.24, 2.45) is 0 Å². The molecule has 2 N–H and O–H groups in total. The van der Waals surface area contributed by atoms with Crippen LogP contribution in [0.25, 0.3) is 0 Å². The van der Waals surface area contributed by atoms with Gasteiger partial charge in [-0.25, -0.2) is 0 Å². The fourth-order valence-electron chi connectivity index (χ4n) is 2.64. The molecule has 122 valence electrons. The van der Waals surface area contributed by atoms with E-state index in [9.17, 15) is 10.2 Å². The van der Waals surface area contributed by atoms with Gasteiger partial charge in [0, 0.05) is 0 Å². The summed E-state index contributed by atoms with van der Waals surface area (Å²) in [6, 6.07) is 0. The van der Waals surface area contributed by atoms with E-state index in [1.165, 1.54) is 51.4 Å². The van der Waals surface area contributed by atoms with E-state index in [0.717, 1.165) is 38.5 Å². The van der Waals surface area contributed by atoms with Crippen molar-refractivity contribution in [3.63, 3.8) is 0 Å². The van der Waals surface area contributed by atoms with Crippen molar-refractivity contribution in [3.05, 3.63) is 0 Å². The first-order valence-electron chi connectivity index (χ1n) is 9.06. The highest BCUT2D eigenvalue weighted by Gasteiger charge is 2.09. The van der Waals surface area contributed by atoms with Crippen molar-refractivity contribution in [1.29, 1.82) is 0 Å². The number of hydrogen-bond acceptors (Lipinski definition) is 2. The number of aliphatic hydroxyl groups excluding tert-OH is 2. The third kappa shape index (κ3) is 14.3. The molecule has 0 aromatic carbocycles. The van der Waals surface area contributed by atoms with E-state index in [2.05, 4.69) is 13.8 Å². The molecular weight excluding hydrogens is 248 g/mol. The molecule has 0 aliphatic heterocycles. The molecule has 0 spiro atoms. The second kappa shape index (κ2) is 15.3. The van der Waals surface area contributed by atoms with Gasteiger partial charge in [0.2, 0.25) is 0 Å². The molecule has 0 aromatic heterocycles. The lowest BCUT2D eigenvalue weighted by Gasteiger charge is -2.14. The average Bonchev–Trinajstić information content (AvgIpc) is 2.45. The zero-order chi connectivity index (χ0) is 15.1. The number of aliphatic hydroxyl groups is 2. The molecule has 0 bridgehead atoms. The van der Waals surface area contributed by atoms with Crippen molar-refractivity contribution in [2.45, 2.75) is 116 Å². The number of unbranched alkanes of at least 4 members (excludes halogenated alkanes) is 8. The highest BCUT2D eigenvalue weighted by molar-refractivity contribution is 4.62. The van der Waals surface area contributed by atoms with E-state index in [1.807, 2.05) is 0 Å². The molecule has 0 aliphatic rings. The van der Waals surface area contributed by atoms with Gasteiger partial charge in [-0.15, -0.1) is 0 Å². The molecule has 0 aliphatic carbocycles. The normalized spacial score (nSPS) is 14.4. The van der Waals surface area contributed by atoms with Gasteiger partial charge in [0.1, 0.15) is 0 Å². The summed E-state index contributed by atoms with van der Waals surface area (Å²) >= 11 is 0. The summed E-state index contributed by atoms with van der Waals surface area (Å²) in [5.74, 6) is 0. The predicted octanol–water partition coefficient (Wildman–Crippen LogP) is 5.21. The van der Waals surface area contributed by atoms with Crippen molar-refractivity contribution in [2.75, 3.05) is 0 Å². The standard InChI is InChI=1S/C18H38O2/c1-3-5-7-9-10-12-14-18(20)16-15-17(19)13-11-8-6-4-2/h17-20H,3-16H2,1-2H3/t17-,18+/m0/s1.